The van der Waals surface area contributed by atoms with Gasteiger partial charge in [0.05, 0.1) is 0 Å². The van der Waals surface area contributed by atoms with Crippen molar-refractivity contribution in [1.82, 2.24) is 0 Å². The summed E-state index contributed by atoms with van der Waals surface area (Å²) in [5.41, 5.74) is 9.85. The van der Waals surface area contributed by atoms with Gasteiger partial charge in [-0.3, -0.25) is 0 Å². The van der Waals surface area contributed by atoms with Crippen molar-refractivity contribution in [3.8, 4) is 44.5 Å². The molecule has 0 bridgehead atoms. The molecule has 0 atom stereocenters. The zero-order valence-corrected chi connectivity index (χ0v) is 25.1. The molecule has 0 saturated heterocycles. The van der Waals surface area contributed by atoms with E-state index in [1.54, 1.807) is 0 Å². The topological polar surface area (TPSA) is 0 Å². The van der Waals surface area contributed by atoms with Crippen LogP contribution >= 0.6 is 0 Å². The first-order valence-corrected chi connectivity index (χ1v) is 14.0. The third-order valence-electron chi connectivity index (χ3n) is 8.17. The third kappa shape index (κ3) is 5.66. The predicted octanol–water partition coefficient (Wildman–Crippen LogP) is -2.41. The maximum Gasteiger partial charge on any atom is 0.113 e. The molecular formula is C34H20B10. The molecule has 20 radical (unpaired) electrons. The highest BCUT2D eigenvalue weighted by atomic mass is 14.2. The summed E-state index contributed by atoms with van der Waals surface area (Å²) in [4.78, 5) is 0. The van der Waals surface area contributed by atoms with Crippen LogP contribution in [0.3, 0.4) is 0 Å². The summed E-state index contributed by atoms with van der Waals surface area (Å²) in [5.74, 6) is 0. The number of benzene rings is 5. The van der Waals surface area contributed by atoms with Gasteiger partial charge in [-0.05, 0) is 73.7 Å². The fraction of sp³-hybridized carbons (Fsp3) is 0.118. The van der Waals surface area contributed by atoms with Gasteiger partial charge in [0.1, 0.15) is 78.5 Å². The Kier molecular flexibility index (Phi) is 8.71. The van der Waals surface area contributed by atoms with Gasteiger partial charge in [-0.1, -0.05) is 91.2 Å². The van der Waals surface area contributed by atoms with Crippen molar-refractivity contribution in [3.05, 3.63) is 72.3 Å². The van der Waals surface area contributed by atoms with Gasteiger partial charge in [0.2, 0.25) is 0 Å². The molecule has 0 heterocycles. The Morgan fingerprint density at radius 2 is 0.614 bits per heavy atom. The lowest BCUT2D eigenvalue weighted by Crippen LogP contribution is -2.55. The molecule has 186 valence electrons. The van der Waals surface area contributed by atoms with Crippen LogP contribution in [0.5, 0.6) is 0 Å². The Hall–Kier alpha value is -3.25. The number of rotatable bonds is 4. The molecule has 0 aliphatic carbocycles. The molecular weight excluding hydrogens is 516 g/mol. The van der Waals surface area contributed by atoms with Gasteiger partial charge in [0, 0.05) is 0 Å². The standard InChI is InChI=1S/C34H20B10/c1-34(2,3)21-13-19(15-6-4-8-17(10-15)22-24(35)28(39)32(43)29(40)25(22)36)12-20(14-21)16-7-5-9-18(11-16)23-26(37)30(41)33(44)31(42)27(23)38/h4-14H,1-3H3. The SMILES string of the molecule is [B]c1c([B])c([B])c(-c2cccc(-c3cc(-c4cccc(-c5c([B])c([B])c([B])c([B])c5[B])c4)cc(C(C)(C)C)c3)c2)c([B])c1[B]. The van der Waals surface area contributed by atoms with Crippen LogP contribution in [0.25, 0.3) is 44.5 Å². The van der Waals surface area contributed by atoms with Gasteiger partial charge in [0.15, 0.2) is 0 Å². The summed E-state index contributed by atoms with van der Waals surface area (Å²) in [7, 11) is 62.3. The van der Waals surface area contributed by atoms with Gasteiger partial charge in [-0.15, -0.1) is 32.8 Å². The quantitative estimate of drug-likeness (QED) is 0.225. The van der Waals surface area contributed by atoms with Gasteiger partial charge in [-0.2, -0.15) is 0 Å². The van der Waals surface area contributed by atoms with E-state index in [9.17, 15) is 0 Å². The van der Waals surface area contributed by atoms with Crippen LogP contribution in [-0.2, 0) is 5.41 Å². The fourth-order valence-corrected chi connectivity index (χ4v) is 5.42. The highest BCUT2D eigenvalue weighted by Gasteiger charge is 2.19. The molecule has 0 nitrogen and oxygen atoms in total. The van der Waals surface area contributed by atoms with Crippen LogP contribution in [0.2, 0.25) is 0 Å². The summed E-state index contributed by atoms with van der Waals surface area (Å²) in [6, 6.07) is 22.3. The van der Waals surface area contributed by atoms with Crippen LogP contribution in [0.1, 0.15) is 26.3 Å². The molecule has 0 saturated carbocycles. The Bertz CT molecular complexity index is 1760. The van der Waals surface area contributed by atoms with Crippen molar-refractivity contribution in [2.24, 2.45) is 0 Å². The largest absolute Gasteiger partial charge is 0.113 e. The zero-order chi connectivity index (χ0) is 32.2. The average molecular weight is 537 g/mol. The van der Waals surface area contributed by atoms with E-state index in [1.807, 2.05) is 48.5 Å². The molecule has 0 unspecified atom stereocenters. The molecule has 0 N–H and O–H groups in total. The van der Waals surface area contributed by atoms with E-state index >= 15 is 0 Å². The minimum atomic E-state index is -0.149. The third-order valence-corrected chi connectivity index (χ3v) is 8.17. The molecule has 0 fully saturated rings. The van der Waals surface area contributed by atoms with Crippen molar-refractivity contribution >= 4 is 133 Å². The normalized spacial score (nSPS) is 11.5. The minimum absolute atomic E-state index is 0.149. The molecule has 0 aliphatic heterocycles. The monoisotopic (exact) mass is 538 g/mol. The Morgan fingerprint density at radius 1 is 0.341 bits per heavy atom. The zero-order valence-electron chi connectivity index (χ0n) is 25.1. The highest BCUT2D eigenvalue weighted by Crippen LogP contribution is 2.35. The second-order valence-corrected chi connectivity index (χ2v) is 12.1. The summed E-state index contributed by atoms with van der Waals surface area (Å²) in [6.07, 6.45) is 0. The molecule has 0 spiro atoms. The lowest BCUT2D eigenvalue weighted by atomic mass is 9.59. The molecule has 0 aromatic heterocycles. The van der Waals surface area contributed by atoms with Gasteiger partial charge >= 0.3 is 0 Å². The first-order valence-electron chi connectivity index (χ1n) is 14.0. The van der Waals surface area contributed by atoms with Crippen molar-refractivity contribution in [3.63, 3.8) is 0 Å². The predicted molar refractivity (Wildman–Crippen MR) is 201 cm³/mol. The second-order valence-electron chi connectivity index (χ2n) is 12.1. The van der Waals surface area contributed by atoms with E-state index in [1.165, 1.54) is 0 Å². The Labute approximate surface area is 275 Å². The minimum Gasteiger partial charge on any atom is -0.112 e. The lowest BCUT2D eigenvalue weighted by molar-refractivity contribution is 0.590. The van der Waals surface area contributed by atoms with Crippen molar-refractivity contribution in [2.75, 3.05) is 0 Å². The summed E-state index contributed by atoms with van der Waals surface area (Å²) in [5, 5.41) is 0. The highest BCUT2D eigenvalue weighted by molar-refractivity contribution is 6.69. The molecule has 10 heteroatoms. The van der Waals surface area contributed by atoms with Gasteiger partial charge in [0.25, 0.3) is 0 Å². The van der Waals surface area contributed by atoms with Crippen LogP contribution in [0.4, 0.5) is 0 Å². The first-order chi connectivity index (χ1) is 20.6. The van der Waals surface area contributed by atoms with Gasteiger partial charge in [-0.25, -0.2) is 0 Å². The van der Waals surface area contributed by atoms with Crippen LogP contribution in [-0.4, -0.2) is 78.5 Å². The lowest BCUT2D eigenvalue weighted by Gasteiger charge is -2.23. The Morgan fingerprint density at radius 3 is 0.932 bits per heavy atom. The van der Waals surface area contributed by atoms with Crippen molar-refractivity contribution in [1.29, 1.82) is 0 Å². The molecule has 0 aliphatic rings. The molecule has 5 aromatic rings. The van der Waals surface area contributed by atoms with E-state index in [-0.39, 0.29) is 60.0 Å². The smallest absolute Gasteiger partial charge is 0.112 e. The van der Waals surface area contributed by atoms with E-state index in [2.05, 4.69) is 39.0 Å². The maximum absolute atomic E-state index is 6.38. The molecule has 44 heavy (non-hydrogen) atoms. The van der Waals surface area contributed by atoms with Crippen molar-refractivity contribution < 1.29 is 0 Å². The first kappa shape index (κ1) is 32.2. The van der Waals surface area contributed by atoms with Crippen LogP contribution < -0.4 is 54.6 Å². The van der Waals surface area contributed by atoms with E-state index in [0.717, 1.165) is 38.9 Å². The fourth-order valence-electron chi connectivity index (χ4n) is 5.42. The number of hydrogen-bond donors (Lipinski definition) is 0. The maximum atomic E-state index is 6.38. The molecule has 0 amide bonds. The van der Waals surface area contributed by atoms with E-state index in [0.29, 0.717) is 11.1 Å². The van der Waals surface area contributed by atoms with Gasteiger partial charge < -0.3 is 0 Å². The van der Waals surface area contributed by atoms with E-state index < -0.39 is 0 Å². The summed E-state index contributed by atoms with van der Waals surface area (Å²) < 4.78 is 0. The summed E-state index contributed by atoms with van der Waals surface area (Å²) in [6.45, 7) is 6.52. The van der Waals surface area contributed by atoms with E-state index in [4.69, 9.17) is 78.5 Å². The van der Waals surface area contributed by atoms with Crippen LogP contribution in [0.15, 0.2) is 66.7 Å². The average Bonchev–Trinajstić information content (AvgIpc) is 3.01. The second kappa shape index (κ2) is 11.9. The summed E-state index contributed by atoms with van der Waals surface area (Å²) >= 11 is 0. The number of hydrogen-bond acceptors (Lipinski definition) is 0. The van der Waals surface area contributed by atoms with Crippen molar-refractivity contribution in [2.45, 2.75) is 26.2 Å². The molecule has 5 aromatic carbocycles. The Balaban J connectivity index is 1.69. The molecule has 5 rings (SSSR count). The van der Waals surface area contributed by atoms with Crippen LogP contribution in [0, 0.1) is 0 Å².